The van der Waals surface area contributed by atoms with Gasteiger partial charge >= 0.3 is 0 Å². The number of hydrogen-bond acceptors (Lipinski definition) is 8. The molecule has 42 heavy (non-hydrogen) atoms. The maximum atomic E-state index is 14.2. The number of sulfone groups is 1. The second-order valence-electron chi connectivity index (χ2n) is 12.2. The van der Waals surface area contributed by atoms with Crippen LogP contribution in [0.15, 0.2) is 53.4 Å². The second kappa shape index (κ2) is 12.0. The Balaban J connectivity index is 1.45. The van der Waals surface area contributed by atoms with E-state index in [0.717, 1.165) is 23.7 Å². The smallest absolute Gasteiger partial charge is 0.245 e. The Bertz CT molecular complexity index is 1540. The third-order valence-electron chi connectivity index (χ3n) is 8.97. The maximum absolute atomic E-state index is 14.2. The van der Waals surface area contributed by atoms with Gasteiger partial charge in [-0.2, -0.15) is 4.98 Å². The monoisotopic (exact) mass is 612 g/mol. The number of aromatic nitrogens is 2. The molecular weight excluding hydrogens is 572 g/mol. The number of anilines is 2. The Morgan fingerprint density at radius 2 is 1.74 bits per heavy atom. The molecule has 1 saturated heterocycles. The minimum Gasteiger partial charge on any atom is -0.358 e. The number of fused-ring (bicyclic) bond motifs is 1. The average Bonchev–Trinajstić information content (AvgIpc) is 3.33. The van der Waals surface area contributed by atoms with E-state index in [1.54, 1.807) is 36.4 Å². The van der Waals surface area contributed by atoms with Gasteiger partial charge in [-0.25, -0.2) is 13.4 Å². The molecule has 2 aromatic carbocycles. The first kappa shape index (κ1) is 30.5. The van der Waals surface area contributed by atoms with Crippen molar-refractivity contribution >= 4 is 50.0 Å². The number of likely N-dealkylation sites (tertiary alicyclic amines) is 1. The van der Waals surface area contributed by atoms with Crippen molar-refractivity contribution in [3.05, 3.63) is 53.6 Å². The van der Waals surface area contributed by atoms with Gasteiger partial charge in [0.2, 0.25) is 11.9 Å². The van der Waals surface area contributed by atoms with E-state index in [-0.39, 0.29) is 11.7 Å². The number of benzene rings is 2. The molecule has 0 spiro atoms. The van der Waals surface area contributed by atoms with Gasteiger partial charge in [0.25, 0.3) is 0 Å². The van der Waals surface area contributed by atoms with Crippen LogP contribution in [-0.4, -0.2) is 91.2 Å². The Kier molecular flexibility index (Phi) is 8.70. The molecule has 1 aromatic heterocycles. The van der Waals surface area contributed by atoms with E-state index in [2.05, 4.69) is 36.1 Å². The van der Waals surface area contributed by atoms with Crippen LogP contribution in [0.2, 0.25) is 5.02 Å². The molecule has 0 radical (unpaired) electrons. The highest BCUT2D eigenvalue weighted by Crippen LogP contribution is 2.41. The number of halogens is 1. The number of hydrogen-bond donors (Lipinski definition) is 1. The van der Waals surface area contributed by atoms with Gasteiger partial charge in [-0.3, -0.25) is 4.79 Å². The van der Waals surface area contributed by atoms with E-state index in [1.165, 1.54) is 0 Å². The van der Waals surface area contributed by atoms with E-state index < -0.39 is 21.4 Å². The van der Waals surface area contributed by atoms with Gasteiger partial charge < -0.3 is 20.0 Å². The average molecular weight is 613 g/mol. The molecule has 226 valence electrons. The molecule has 5 rings (SSSR count). The Morgan fingerprint density at radius 3 is 2.38 bits per heavy atom. The zero-order valence-electron chi connectivity index (χ0n) is 25.0. The molecule has 2 fully saturated rings. The lowest BCUT2D eigenvalue weighted by Gasteiger charge is -2.48. The summed E-state index contributed by atoms with van der Waals surface area (Å²) < 4.78 is 27.5. The molecule has 1 aliphatic carbocycles. The molecule has 2 aliphatic rings. The first-order valence-electron chi connectivity index (χ1n) is 14.6. The number of amides is 1. The van der Waals surface area contributed by atoms with Crippen molar-refractivity contribution in [3.63, 3.8) is 0 Å². The van der Waals surface area contributed by atoms with Crippen LogP contribution in [0.4, 0.5) is 11.8 Å². The molecule has 1 atom stereocenters. The fraction of sp³-hybridized carbons (Fsp3) is 0.516. The van der Waals surface area contributed by atoms with Crippen LogP contribution in [0.3, 0.4) is 0 Å². The molecule has 1 amide bonds. The lowest BCUT2D eigenvalue weighted by molar-refractivity contribution is -0.134. The molecule has 1 N–H and O–H groups in total. The van der Waals surface area contributed by atoms with Crippen molar-refractivity contribution in [1.29, 1.82) is 0 Å². The highest BCUT2D eigenvalue weighted by Gasteiger charge is 2.50. The van der Waals surface area contributed by atoms with Crippen molar-refractivity contribution < 1.29 is 13.2 Å². The zero-order valence-corrected chi connectivity index (χ0v) is 26.6. The Hall–Kier alpha value is -2.95. The fourth-order valence-corrected chi connectivity index (χ4v) is 8.44. The maximum Gasteiger partial charge on any atom is 0.245 e. The van der Waals surface area contributed by atoms with Gasteiger partial charge in [-0.05, 0) is 83.3 Å². The zero-order chi connectivity index (χ0) is 30.2. The third-order valence-corrected chi connectivity index (χ3v) is 11.1. The molecule has 11 heteroatoms. The van der Waals surface area contributed by atoms with E-state index in [0.29, 0.717) is 59.6 Å². The summed E-state index contributed by atoms with van der Waals surface area (Å²) in [5.41, 5.74) is -0.0524. The second-order valence-corrected chi connectivity index (χ2v) is 14.6. The van der Waals surface area contributed by atoms with Crippen LogP contribution < -0.4 is 10.2 Å². The summed E-state index contributed by atoms with van der Waals surface area (Å²) in [6.45, 7) is 4.83. The van der Waals surface area contributed by atoms with E-state index in [9.17, 15) is 13.2 Å². The van der Waals surface area contributed by atoms with Crippen LogP contribution >= 0.6 is 11.6 Å². The number of carbonyl (C=O) groups is 1. The predicted molar refractivity (Wildman–Crippen MR) is 169 cm³/mol. The van der Waals surface area contributed by atoms with Crippen molar-refractivity contribution in [3.8, 4) is 0 Å². The van der Waals surface area contributed by atoms with Crippen molar-refractivity contribution in [2.75, 3.05) is 43.7 Å². The summed E-state index contributed by atoms with van der Waals surface area (Å²) in [5, 5.41) is 4.68. The third kappa shape index (κ3) is 6.07. The number of nitrogens with zero attached hydrogens (tertiary/aromatic N) is 5. The number of carbonyl (C=O) groups excluding carboxylic acids is 1. The van der Waals surface area contributed by atoms with Gasteiger partial charge in [0, 0.05) is 43.1 Å². The van der Waals surface area contributed by atoms with Gasteiger partial charge in [0.05, 0.1) is 21.7 Å². The summed E-state index contributed by atoms with van der Waals surface area (Å²) in [6.07, 6.45) is 3.49. The molecule has 9 nitrogen and oxygen atoms in total. The van der Waals surface area contributed by atoms with Crippen LogP contribution in [0.1, 0.15) is 46.0 Å². The Morgan fingerprint density at radius 1 is 1.05 bits per heavy atom. The lowest BCUT2D eigenvalue weighted by atomic mass is 9.78. The molecule has 1 aliphatic heterocycles. The highest BCUT2D eigenvalue weighted by atomic mass is 35.5. The van der Waals surface area contributed by atoms with E-state index in [4.69, 9.17) is 16.6 Å². The van der Waals surface area contributed by atoms with Crippen molar-refractivity contribution in [2.24, 2.45) is 0 Å². The van der Waals surface area contributed by atoms with Gasteiger partial charge in [-0.1, -0.05) is 29.8 Å². The highest BCUT2D eigenvalue weighted by molar-refractivity contribution is 7.91. The fourth-order valence-electron chi connectivity index (χ4n) is 6.37. The molecule has 3 aromatic rings. The normalized spacial score (nSPS) is 23.2. The molecular formula is C31H41ClN6O3S. The van der Waals surface area contributed by atoms with Crippen LogP contribution in [-0.2, 0) is 14.6 Å². The van der Waals surface area contributed by atoms with Gasteiger partial charge in [0.1, 0.15) is 11.9 Å². The summed E-state index contributed by atoms with van der Waals surface area (Å²) in [6, 6.07) is 14.2. The molecule has 1 saturated carbocycles. The first-order valence-corrected chi connectivity index (χ1v) is 16.7. The lowest BCUT2D eigenvalue weighted by Crippen LogP contribution is -2.58. The van der Waals surface area contributed by atoms with Crippen molar-refractivity contribution in [2.45, 2.75) is 74.5 Å². The number of nitrogens with one attached hydrogen (secondary N) is 1. The first-order chi connectivity index (χ1) is 19.9. The summed E-state index contributed by atoms with van der Waals surface area (Å²) in [4.78, 5) is 29.8. The van der Waals surface area contributed by atoms with Crippen LogP contribution in [0.5, 0.6) is 0 Å². The summed E-state index contributed by atoms with van der Waals surface area (Å²) >= 11 is 6.32. The molecule has 0 bridgehead atoms. The summed E-state index contributed by atoms with van der Waals surface area (Å²) in [7, 11) is 2.24. The molecule has 2 heterocycles. The summed E-state index contributed by atoms with van der Waals surface area (Å²) in [5.74, 6) is 0.888. The number of rotatable bonds is 9. The topological polar surface area (TPSA) is 98.7 Å². The minimum atomic E-state index is -3.63. The minimum absolute atomic E-state index is 0.0859. The van der Waals surface area contributed by atoms with Crippen LogP contribution in [0.25, 0.3) is 10.9 Å². The van der Waals surface area contributed by atoms with E-state index in [1.807, 2.05) is 36.0 Å². The van der Waals surface area contributed by atoms with Crippen molar-refractivity contribution in [1.82, 2.24) is 19.8 Å². The van der Waals surface area contributed by atoms with Gasteiger partial charge in [-0.15, -0.1) is 0 Å². The van der Waals surface area contributed by atoms with Gasteiger partial charge in [0.15, 0.2) is 9.84 Å². The quantitative estimate of drug-likeness (QED) is 0.366. The predicted octanol–water partition coefficient (Wildman–Crippen LogP) is 4.86. The largest absolute Gasteiger partial charge is 0.358 e. The van der Waals surface area contributed by atoms with Crippen LogP contribution in [0, 0.1) is 0 Å². The molecule has 0 unspecified atom stereocenters. The SMILES string of the molecule is CC(C)N(C)C1CCC(CS(=O)(=O)c2ccccc2)(N2CC[C@H](Nc3nc(N(C)C)nc4ccc(Cl)cc34)C2=O)CC1. The standard InChI is InChI=1S/C31H41ClN6O3S/c1-21(2)37(5)23-13-16-31(17-14-23,20-42(40,41)24-9-7-6-8-10-24)38-18-15-27(29(38)39)33-28-25-19-22(32)11-12-26(25)34-30(35-28)36(3)4/h6-12,19,21,23,27H,13-18,20H2,1-5H3,(H,33,34,35)/t23?,27-,31?/m0/s1. The Labute approximate surface area is 254 Å². The van der Waals surface area contributed by atoms with E-state index >= 15 is 0 Å².